The Labute approximate surface area is 70.5 Å². The molecule has 10 heavy (non-hydrogen) atoms. The molecule has 0 aromatic carbocycles. The SMILES string of the molecule is COC(=O)[C@H](C)NC(=S)S. The molecule has 0 aromatic heterocycles. The molecule has 0 fully saturated rings. The monoisotopic (exact) mass is 179 g/mol. The van der Waals surface area contributed by atoms with E-state index in [9.17, 15) is 4.79 Å². The van der Waals surface area contributed by atoms with Gasteiger partial charge in [0.2, 0.25) is 0 Å². The lowest BCUT2D eigenvalue weighted by Crippen LogP contribution is -2.36. The van der Waals surface area contributed by atoms with Crippen molar-refractivity contribution in [2.75, 3.05) is 7.11 Å². The summed E-state index contributed by atoms with van der Waals surface area (Å²) in [4.78, 5) is 10.7. The smallest absolute Gasteiger partial charge is 0.328 e. The highest BCUT2D eigenvalue weighted by Gasteiger charge is 2.11. The van der Waals surface area contributed by atoms with Crippen LogP contribution in [0.2, 0.25) is 0 Å². The summed E-state index contributed by atoms with van der Waals surface area (Å²) in [6.45, 7) is 1.65. The van der Waals surface area contributed by atoms with Crippen molar-refractivity contribution in [3.8, 4) is 0 Å². The lowest BCUT2D eigenvalue weighted by Gasteiger charge is -2.09. The van der Waals surface area contributed by atoms with Crippen LogP contribution in [-0.2, 0) is 9.53 Å². The third-order valence-corrected chi connectivity index (χ3v) is 1.14. The van der Waals surface area contributed by atoms with E-state index in [4.69, 9.17) is 0 Å². The second-order valence-corrected chi connectivity index (χ2v) is 2.85. The minimum absolute atomic E-state index is 0.290. The molecule has 0 unspecified atom stereocenters. The van der Waals surface area contributed by atoms with Gasteiger partial charge < -0.3 is 10.1 Å². The summed E-state index contributed by atoms with van der Waals surface area (Å²) in [5.41, 5.74) is 0. The van der Waals surface area contributed by atoms with Gasteiger partial charge in [-0.3, -0.25) is 0 Å². The van der Waals surface area contributed by atoms with Crippen LogP contribution in [-0.4, -0.2) is 23.4 Å². The predicted octanol–water partition coefficient (Wildman–Crippen LogP) is 0.352. The van der Waals surface area contributed by atoms with Crippen molar-refractivity contribution in [2.45, 2.75) is 13.0 Å². The van der Waals surface area contributed by atoms with Gasteiger partial charge in [-0.05, 0) is 6.92 Å². The maximum Gasteiger partial charge on any atom is 0.328 e. The second-order valence-electron chi connectivity index (χ2n) is 1.69. The number of thiol groups is 1. The van der Waals surface area contributed by atoms with E-state index in [0.29, 0.717) is 0 Å². The molecular formula is C5H9NO2S2. The highest BCUT2D eigenvalue weighted by atomic mass is 32.1. The number of carbonyl (C=O) groups excluding carboxylic acids is 1. The van der Waals surface area contributed by atoms with Crippen LogP contribution >= 0.6 is 24.8 Å². The standard InChI is InChI=1S/C5H9NO2S2/c1-3(4(7)8-2)6-5(9)10/h3H,1-2H3,(H2,6,9,10)/t3-/m0/s1. The minimum atomic E-state index is -0.421. The minimum Gasteiger partial charge on any atom is -0.467 e. The molecule has 5 heteroatoms. The number of nitrogens with one attached hydrogen (secondary N) is 1. The molecule has 0 radical (unpaired) electrons. The number of esters is 1. The molecule has 0 aromatic rings. The van der Waals surface area contributed by atoms with Crippen molar-refractivity contribution in [2.24, 2.45) is 0 Å². The number of rotatable bonds is 2. The average Bonchev–Trinajstić information content (AvgIpc) is 1.85. The van der Waals surface area contributed by atoms with E-state index in [1.54, 1.807) is 6.92 Å². The van der Waals surface area contributed by atoms with E-state index < -0.39 is 6.04 Å². The Balaban J connectivity index is 3.72. The van der Waals surface area contributed by atoms with Gasteiger partial charge in [0.1, 0.15) is 10.4 Å². The summed E-state index contributed by atoms with van der Waals surface area (Å²) in [5, 5.41) is 2.61. The molecule has 0 amide bonds. The maximum absolute atomic E-state index is 10.7. The number of hydrogen-bond donors (Lipinski definition) is 2. The number of carbonyl (C=O) groups is 1. The van der Waals surface area contributed by atoms with Crippen LogP contribution < -0.4 is 5.32 Å². The molecular weight excluding hydrogens is 170 g/mol. The van der Waals surface area contributed by atoms with Gasteiger partial charge in [0, 0.05) is 0 Å². The molecule has 0 rings (SSSR count). The molecule has 0 aliphatic heterocycles. The topological polar surface area (TPSA) is 38.3 Å². The molecule has 0 saturated carbocycles. The molecule has 3 nitrogen and oxygen atoms in total. The van der Waals surface area contributed by atoms with Crippen molar-refractivity contribution in [3.05, 3.63) is 0 Å². The van der Waals surface area contributed by atoms with Crippen LogP contribution in [0.25, 0.3) is 0 Å². The van der Waals surface area contributed by atoms with Gasteiger partial charge in [-0.15, -0.1) is 12.6 Å². The van der Waals surface area contributed by atoms with Crippen LogP contribution in [0, 0.1) is 0 Å². The fraction of sp³-hybridized carbons (Fsp3) is 0.600. The van der Waals surface area contributed by atoms with Crippen LogP contribution in [0.1, 0.15) is 6.92 Å². The fourth-order valence-corrected chi connectivity index (χ4v) is 0.791. The van der Waals surface area contributed by atoms with Crippen LogP contribution in [0.15, 0.2) is 0 Å². The Bertz CT molecular complexity index is 149. The van der Waals surface area contributed by atoms with E-state index >= 15 is 0 Å². The summed E-state index contributed by atoms with van der Waals surface area (Å²) in [7, 11) is 1.32. The average molecular weight is 179 g/mol. The Morgan fingerprint density at radius 3 is 2.60 bits per heavy atom. The quantitative estimate of drug-likeness (QED) is 0.364. The third kappa shape index (κ3) is 3.68. The Hall–Kier alpha value is -0.290. The van der Waals surface area contributed by atoms with Gasteiger partial charge in [0.05, 0.1) is 7.11 Å². The van der Waals surface area contributed by atoms with E-state index in [1.165, 1.54) is 7.11 Å². The van der Waals surface area contributed by atoms with Gasteiger partial charge in [0.25, 0.3) is 0 Å². The second kappa shape index (κ2) is 4.51. The Morgan fingerprint density at radius 2 is 2.30 bits per heavy atom. The van der Waals surface area contributed by atoms with Gasteiger partial charge in [-0.1, -0.05) is 12.2 Å². The molecule has 0 bridgehead atoms. The van der Waals surface area contributed by atoms with Crippen molar-refractivity contribution >= 4 is 35.1 Å². The molecule has 1 N–H and O–H groups in total. The molecule has 0 spiro atoms. The zero-order valence-electron chi connectivity index (χ0n) is 5.75. The first-order valence-corrected chi connectivity index (χ1v) is 3.50. The highest BCUT2D eigenvalue weighted by molar-refractivity contribution is 8.11. The van der Waals surface area contributed by atoms with Gasteiger partial charge in [-0.25, -0.2) is 4.79 Å². The normalized spacial score (nSPS) is 11.9. The summed E-state index contributed by atoms with van der Waals surface area (Å²) in [5.74, 6) is -0.351. The lowest BCUT2D eigenvalue weighted by molar-refractivity contribution is -0.142. The van der Waals surface area contributed by atoms with Crippen LogP contribution in [0.3, 0.4) is 0 Å². The van der Waals surface area contributed by atoms with Crippen LogP contribution in [0.5, 0.6) is 0 Å². The number of hydrogen-bond acceptors (Lipinski definition) is 3. The van der Waals surface area contributed by atoms with Gasteiger partial charge in [0.15, 0.2) is 0 Å². The summed E-state index contributed by atoms with van der Waals surface area (Å²) >= 11 is 8.37. The fourth-order valence-electron chi connectivity index (χ4n) is 0.421. The van der Waals surface area contributed by atoms with Crippen molar-refractivity contribution in [1.29, 1.82) is 0 Å². The first kappa shape index (κ1) is 9.71. The largest absolute Gasteiger partial charge is 0.467 e. The maximum atomic E-state index is 10.7. The van der Waals surface area contributed by atoms with Crippen LogP contribution in [0.4, 0.5) is 0 Å². The Kier molecular flexibility index (Phi) is 4.38. The summed E-state index contributed by atoms with van der Waals surface area (Å²) in [6, 6.07) is -0.421. The molecule has 0 saturated heterocycles. The molecule has 0 aliphatic rings. The van der Waals surface area contributed by atoms with Gasteiger partial charge >= 0.3 is 5.97 Å². The predicted molar refractivity (Wildman–Crippen MR) is 46.2 cm³/mol. The first-order valence-electron chi connectivity index (χ1n) is 2.65. The summed E-state index contributed by atoms with van der Waals surface area (Å²) in [6.07, 6.45) is 0. The van der Waals surface area contributed by atoms with E-state index in [2.05, 4.69) is 34.9 Å². The van der Waals surface area contributed by atoms with E-state index in [-0.39, 0.29) is 10.3 Å². The first-order chi connectivity index (χ1) is 4.57. The highest BCUT2D eigenvalue weighted by Crippen LogP contribution is 1.88. The number of thiocarbonyl (C=S) groups is 1. The summed E-state index contributed by atoms with van der Waals surface area (Å²) < 4.78 is 4.71. The molecule has 58 valence electrons. The van der Waals surface area contributed by atoms with Crippen molar-refractivity contribution in [1.82, 2.24) is 5.32 Å². The zero-order chi connectivity index (χ0) is 8.15. The third-order valence-electron chi connectivity index (χ3n) is 0.895. The van der Waals surface area contributed by atoms with E-state index in [0.717, 1.165) is 0 Å². The van der Waals surface area contributed by atoms with E-state index in [1.807, 2.05) is 0 Å². The number of methoxy groups -OCH3 is 1. The Morgan fingerprint density at radius 1 is 1.80 bits per heavy atom. The van der Waals surface area contributed by atoms with Crippen molar-refractivity contribution in [3.63, 3.8) is 0 Å². The van der Waals surface area contributed by atoms with Gasteiger partial charge in [-0.2, -0.15) is 0 Å². The molecule has 1 atom stereocenters. The molecule has 0 aliphatic carbocycles. The van der Waals surface area contributed by atoms with Crippen molar-refractivity contribution < 1.29 is 9.53 Å². The molecule has 0 heterocycles. The number of ether oxygens (including phenoxy) is 1. The zero-order valence-corrected chi connectivity index (χ0v) is 7.46. The lowest BCUT2D eigenvalue weighted by atomic mass is 10.4.